The average Bonchev–Trinajstić information content (AvgIpc) is 3.13. The molecule has 6 nitrogen and oxygen atoms in total. The number of fused-ring (bicyclic) bond motifs is 1. The molecule has 2 amide bonds. The fourth-order valence-corrected chi connectivity index (χ4v) is 3.29. The number of anilines is 4. The van der Waals surface area contributed by atoms with Crippen LogP contribution in [0.25, 0.3) is 0 Å². The molecule has 0 atom stereocenters. The van der Waals surface area contributed by atoms with E-state index in [4.69, 9.17) is 0 Å². The molecule has 1 aliphatic rings. The third-order valence-electron chi connectivity index (χ3n) is 4.61. The molecule has 0 bridgehead atoms. The molecule has 0 spiro atoms. The number of nitrogens with zero attached hydrogens (tertiary/aromatic N) is 2. The van der Waals surface area contributed by atoms with Gasteiger partial charge in [-0.15, -0.1) is 0 Å². The molecule has 0 saturated carbocycles. The zero-order valence-electron chi connectivity index (χ0n) is 15.5. The number of para-hydroxylation sites is 1. The smallest absolute Gasteiger partial charge is 0.276 e. The molecule has 2 heterocycles. The number of rotatable bonds is 4. The first-order valence-electron chi connectivity index (χ1n) is 9.11. The van der Waals surface area contributed by atoms with E-state index < -0.39 is 0 Å². The molecule has 140 valence electrons. The number of amides is 2. The van der Waals surface area contributed by atoms with Gasteiger partial charge in [0.1, 0.15) is 5.69 Å². The molecule has 2 N–H and O–H groups in total. The first kappa shape index (κ1) is 17.7. The summed E-state index contributed by atoms with van der Waals surface area (Å²) < 4.78 is 0. The largest absolute Gasteiger partial charge is 0.354 e. The Labute approximate surface area is 163 Å². The van der Waals surface area contributed by atoms with E-state index in [0.29, 0.717) is 12.2 Å². The maximum atomic E-state index is 12.8. The van der Waals surface area contributed by atoms with Crippen molar-refractivity contribution in [2.24, 2.45) is 0 Å². The molecule has 2 aromatic carbocycles. The second kappa shape index (κ2) is 7.52. The summed E-state index contributed by atoms with van der Waals surface area (Å²) in [6.45, 7) is 2.15. The highest BCUT2D eigenvalue weighted by atomic mass is 16.2. The molecule has 1 aliphatic heterocycles. The molecule has 1 aromatic heterocycles. The third kappa shape index (κ3) is 3.71. The number of hydrogen-bond donors (Lipinski definition) is 2. The van der Waals surface area contributed by atoms with Crippen LogP contribution in [0.4, 0.5) is 22.7 Å². The lowest BCUT2D eigenvalue weighted by molar-refractivity contribution is -0.114. The van der Waals surface area contributed by atoms with Crippen molar-refractivity contribution in [2.75, 3.05) is 22.1 Å². The van der Waals surface area contributed by atoms with Gasteiger partial charge in [-0.3, -0.25) is 9.59 Å². The Morgan fingerprint density at radius 1 is 0.929 bits per heavy atom. The Morgan fingerprint density at radius 2 is 1.64 bits per heavy atom. The topological polar surface area (TPSA) is 74.3 Å². The maximum Gasteiger partial charge on any atom is 0.276 e. The van der Waals surface area contributed by atoms with Crippen molar-refractivity contribution in [3.63, 3.8) is 0 Å². The summed E-state index contributed by atoms with van der Waals surface area (Å²) in [7, 11) is 0. The minimum Gasteiger partial charge on any atom is -0.354 e. The Kier molecular flexibility index (Phi) is 4.76. The van der Waals surface area contributed by atoms with Gasteiger partial charge in [0.15, 0.2) is 0 Å². The van der Waals surface area contributed by atoms with Crippen LogP contribution in [-0.4, -0.2) is 23.3 Å². The van der Waals surface area contributed by atoms with Crippen molar-refractivity contribution in [3.05, 3.63) is 78.1 Å². The molecular weight excluding hydrogens is 352 g/mol. The van der Waals surface area contributed by atoms with Crippen molar-refractivity contribution in [3.8, 4) is 0 Å². The second-order valence-electron chi connectivity index (χ2n) is 6.65. The van der Waals surface area contributed by atoms with Crippen LogP contribution < -0.4 is 15.5 Å². The van der Waals surface area contributed by atoms with E-state index in [9.17, 15) is 9.59 Å². The predicted molar refractivity (Wildman–Crippen MR) is 110 cm³/mol. The highest BCUT2D eigenvalue weighted by Crippen LogP contribution is 2.28. The third-order valence-corrected chi connectivity index (χ3v) is 4.61. The zero-order valence-corrected chi connectivity index (χ0v) is 15.5. The van der Waals surface area contributed by atoms with E-state index in [1.807, 2.05) is 48.5 Å². The molecule has 0 aliphatic carbocycles. The standard InChI is InChI=1S/C22H20N4O2/c1-15(27)24-17-6-8-18(9-7-17)25-19-10-11-20(23-14-19)22(28)26-13-12-16-4-2-3-5-21(16)26/h2-11,14,25H,12-13H2,1H3,(H,24,27). The van der Waals surface area contributed by atoms with Gasteiger partial charge in [-0.1, -0.05) is 18.2 Å². The quantitative estimate of drug-likeness (QED) is 0.726. The van der Waals surface area contributed by atoms with Gasteiger partial charge in [0.25, 0.3) is 5.91 Å². The number of carbonyl (C=O) groups excluding carboxylic acids is 2. The minimum atomic E-state index is -0.106. The van der Waals surface area contributed by atoms with Crippen molar-refractivity contribution in [2.45, 2.75) is 13.3 Å². The number of benzene rings is 2. The molecule has 3 aromatic rings. The summed E-state index contributed by atoms with van der Waals surface area (Å²) in [6.07, 6.45) is 2.52. The van der Waals surface area contributed by atoms with Crippen LogP contribution >= 0.6 is 0 Å². The van der Waals surface area contributed by atoms with Crippen molar-refractivity contribution in [1.29, 1.82) is 0 Å². The Bertz CT molecular complexity index is 1010. The van der Waals surface area contributed by atoms with Crippen LogP contribution in [0.1, 0.15) is 23.0 Å². The monoisotopic (exact) mass is 372 g/mol. The molecule has 4 rings (SSSR count). The molecule has 28 heavy (non-hydrogen) atoms. The zero-order chi connectivity index (χ0) is 19.5. The van der Waals surface area contributed by atoms with Crippen LogP contribution in [0.2, 0.25) is 0 Å². The number of nitrogens with one attached hydrogen (secondary N) is 2. The highest BCUT2D eigenvalue weighted by Gasteiger charge is 2.25. The van der Waals surface area contributed by atoms with E-state index in [1.54, 1.807) is 17.2 Å². The lowest BCUT2D eigenvalue weighted by Gasteiger charge is -2.17. The lowest BCUT2D eigenvalue weighted by atomic mass is 10.2. The van der Waals surface area contributed by atoms with E-state index in [0.717, 1.165) is 29.2 Å². The summed E-state index contributed by atoms with van der Waals surface area (Å²) >= 11 is 0. The molecule has 0 saturated heterocycles. The number of carbonyl (C=O) groups is 2. The summed E-state index contributed by atoms with van der Waals surface area (Å²) in [5.74, 6) is -0.193. The lowest BCUT2D eigenvalue weighted by Crippen LogP contribution is -2.29. The Balaban J connectivity index is 1.44. The fourth-order valence-electron chi connectivity index (χ4n) is 3.29. The maximum absolute atomic E-state index is 12.8. The van der Waals surface area contributed by atoms with E-state index in [-0.39, 0.29) is 11.8 Å². The van der Waals surface area contributed by atoms with E-state index in [1.165, 1.54) is 12.5 Å². The first-order chi connectivity index (χ1) is 13.6. The minimum absolute atomic E-state index is 0.0869. The van der Waals surface area contributed by atoms with Crippen molar-refractivity contribution in [1.82, 2.24) is 4.98 Å². The molecular formula is C22H20N4O2. The second-order valence-corrected chi connectivity index (χ2v) is 6.65. The average molecular weight is 372 g/mol. The van der Waals surface area contributed by atoms with Gasteiger partial charge < -0.3 is 15.5 Å². The van der Waals surface area contributed by atoms with Crippen molar-refractivity contribution < 1.29 is 9.59 Å². The molecule has 6 heteroatoms. The number of pyridine rings is 1. The number of hydrogen-bond acceptors (Lipinski definition) is 4. The Hall–Kier alpha value is -3.67. The van der Waals surface area contributed by atoms with Gasteiger partial charge >= 0.3 is 0 Å². The number of aromatic nitrogens is 1. The molecule has 0 fully saturated rings. The molecule has 0 unspecified atom stereocenters. The Morgan fingerprint density at radius 3 is 2.36 bits per heavy atom. The fraction of sp³-hybridized carbons (Fsp3) is 0.136. The van der Waals surface area contributed by atoms with Crippen LogP contribution in [0.3, 0.4) is 0 Å². The van der Waals surface area contributed by atoms with Gasteiger partial charge in [0, 0.05) is 30.5 Å². The van der Waals surface area contributed by atoms with Crippen molar-refractivity contribution >= 4 is 34.6 Å². The van der Waals surface area contributed by atoms with Crippen LogP contribution in [0.15, 0.2) is 66.9 Å². The first-order valence-corrected chi connectivity index (χ1v) is 9.11. The van der Waals surface area contributed by atoms with Crippen LogP contribution in [0.5, 0.6) is 0 Å². The van der Waals surface area contributed by atoms with E-state index >= 15 is 0 Å². The molecule has 0 radical (unpaired) electrons. The van der Waals surface area contributed by atoms with Gasteiger partial charge in [-0.25, -0.2) is 4.98 Å². The summed E-state index contributed by atoms with van der Waals surface area (Å²) in [5, 5.41) is 5.96. The highest BCUT2D eigenvalue weighted by molar-refractivity contribution is 6.06. The van der Waals surface area contributed by atoms with Crippen LogP contribution in [-0.2, 0) is 11.2 Å². The van der Waals surface area contributed by atoms with Gasteiger partial charge in [0.05, 0.1) is 11.9 Å². The van der Waals surface area contributed by atoms with Gasteiger partial charge in [-0.05, 0) is 54.4 Å². The van der Waals surface area contributed by atoms with E-state index in [2.05, 4.69) is 21.7 Å². The predicted octanol–water partition coefficient (Wildman–Crippen LogP) is 3.99. The SMILES string of the molecule is CC(=O)Nc1ccc(Nc2ccc(C(=O)N3CCc4ccccc43)nc2)cc1. The van der Waals surface area contributed by atoms with Gasteiger partial charge in [0.2, 0.25) is 5.91 Å². The van der Waals surface area contributed by atoms with Crippen LogP contribution in [0, 0.1) is 0 Å². The summed E-state index contributed by atoms with van der Waals surface area (Å²) in [6, 6.07) is 18.9. The summed E-state index contributed by atoms with van der Waals surface area (Å²) in [5.41, 5.74) is 4.97. The normalized spacial score (nSPS) is 12.4. The van der Waals surface area contributed by atoms with Gasteiger partial charge in [-0.2, -0.15) is 0 Å². The summed E-state index contributed by atoms with van der Waals surface area (Å²) in [4.78, 5) is 30.0.